The van der Waals surface area contributed by atoms with Gasteiger partial charge in [-0.05, 0) is 19.4 Å². The van der Waals surface area contributed by atoms with Crippen LogP contribution in [-0.4, -0.2) is 19.7 Å². The molecule has 0 fully saturated rings. The molecule has 5 heteroatoms. The number of aryl methyl sites for hydroxylation is 1. The average Bonchev–Trinajstić information content (AvgIpc) is 2.79. The number of anilines is 1. The molecule has 1 aromatic heterocycles. The van der Waals surface area contributed by atoms with E-state index in [0.717, 1.165) is 22.4 Å². The summed E-state index contributed by atoms with van der Waals surface area (Å²) in [7, 11) is 1.61. The van der Waals surface area contributed by atoms with Crippen molar-refractivity contribution in [3.8, 4) is 16.9 Å². The van der Waals surface area contributed by atoms with Gasteiger partial charge in [0.05, 0.1) is 13.7 Å². The van der Waals surface area contributed by atoms with Gasteiger partial charge in [-0.15, -0.1) is 11.3 Å². The van der Waals surface area contributed by atoms with Gasteiger partial charge in [0.2, 0.25) is 0 Å². The number of hydrogen-bond donors (Lipinski definition) is 1. The van der Waals surface area contributed by atoms with E-state index >= 15 is 0 Å². The van der Waals surface area contributed by atoms with E-state index < -0.39 is 0 Å². The molecule has 0 aliphatic rings. The summed E-state index contributed by atoms with van der Waals surface area (Å²) in [5.74, 6) is 0.336. The highest BCUT2D eigenvalue weighted by atomic mass is 32.1. The lowest BCUT2D eigenvalue weighted by Crippen LogP contribution is -2.08. The molecular weight excluding hydrogens is 286 g/mol. The molecule has 0 bridgehead atoms. The van der Waals surface area contributed by atoms with Crippen LogP contribution in [0.2, 0.25) is 0 Å². The van der Waals surface area contributed by atoms with Gasteiger partial charge < -0.3 is 15.2 Å². The van der Waals surface area contributed by atoms with Crippen LogP contribution in [0.1, 0.15) is 28.6 Å². The molecule has 21 heavy (non-hydrogen) atoms. The third-order valence-corrected chi connectivity index (χ3v) is 4.06. The van der Waals surface area contributed by atoms with Crippen molar-refractivity contribution in [3.63, 3.8) is 0 Å². The van der Waals surface area contributed by atoms with Gasteiger partial charge in [0, 0.05) is 16.0 Å². The molecule has 0 atom stereocenters. The first-order valence-corrected chi connectivity index (χ1v) is 7.61. The summed E-state index contributed by atoms with van der Waals surface area (Å²) >= 11 is 1.39. The molecule has 0 saturated heterocycles. The van der Waals surface area contributed by atoms with E-state index in [0.29, 0.717) is 22.9 Å². The minimum absolute atomic E-state index is 0.375. The average molecular weight is 305 g/mol. The predicted molar refractivity (Wildman–Crippen MR) is 86.0 cm³/mol. The molecule has 1 aromatic carbocycles. The fraction of sp³-hybridized carbons (Fsp3) is 0.312. The van der Waals surface area contributed by atoms with Crippen molar-refractivity contribution in [2.45, 2.75) is 20.3 Å². The van der Waals surface area contributed by atoms with Crippen LogP contribution in [0.25, 0.3) is 11.1 Å². The Morgan fingerprint density at radius 3 is 2.71 bits per heavy atom. The Morgan fingerprint density at radius 2 is 2.05 bits per heavy atom. The Labute approximate surface area is 128 Å². The van der Waals surface area contributed by atoms with Crippen molar-refractivity contribution >= 4 is 22.3 Å². The maximum Gasteiger partial charge on any atom is 0.341 e. The number of methoxy groups -OCH3 is 1. The first-order valence-electron chi connectivity index (χ1n) is 6.79. The Morgan fingerprint density at radius 1 is 1.33 bits per heavy atom. The molecule has 0 radical (unpaired) electrons. The smallest absolute Gasteiger partial charge is 0.341 e. The number of carbonyl (C=O) groups excluding carboxylic acids is 1. The van der Waals surface area contributed by atoms with E-state index in [1.807, 2.05) is 38.1 Å². The molecule has 2 N–H and O–H groups in total. The quantitative estimate of drug-likeness (QED) is 0.852. The minimum atomic E-state index is -0.375. The number of benzene rings is 1. The zero-order valence-electron chi connectivity index (χ0n) is 12.4. The van der Waals surface area contributed by atoms with Crippen LogP contribution in [0.15, 0.2) is 24.3 Å². The summed E-state index contributed by atoms with van der Waals surface area (Å²) < 4.78 is 10.6. The predicted octanol–water partition coefficient (Wildman–Crippen LogP) is 3.88. The molecule has 2 rings (SSSR count). The third kappa shape index (κ3) is 3.03. The number of nitrogen functional groups attached to an aromatic ring is 1. The van der Waals surface area contributed by atoms with E-state index in [1.165, 1.54) is 11.3 Å². The molecule has 0 spiro atoms. The fourth-order valence-electron chi connectivity index (χ4n) is 2.21. The second-order valence-electron chi connectivity index (χ2n) is 4.61. The summed E-state index contributed by atoms with van der Waals surface area (Å²) in [5.41, 5.74) is 8.12. The number of hydrogen-bond acceptors (Lipinski definition) is 5. The first-order chi connectivity index (χ1) is 10.1. The fourth-order valence-corrected chi connectivity index (χ4v) is 3.14. The molecular formula is C16H19NO3S. The molecule has 2 aromatic rings. The van der Waals surface area contributed by atoms with Gasteiger partial charge >= 0.3 is 5.97 Å². The maximum atomic E-state index is 12.3. The number of rotatable bonds is 5. The molecule has 1 heterocycles. The lowest BCUT2D eigenvalue weighted by atomic mass is 10.0. The zero-order chi connectivity index (χ0) is 15.4. The number of nitrogens with two attached hydrogens (primary N) is 1. The number of esters is 1. The van der Waals surface area contributed by atoms with Crippen LogP contribution in [0.3, 0.4) is 0 Å². The van der Waals surface area contributed by atoms with Crippen molar-refractivity contribution in [3.05, 3.63) is 34.7 Å². The summed E-state index contributed by atoms with van der Waals surface area (Å²) in [4.78, 5) is 13.3. The first kappa shape index (κ1) is 15.4. The summed E-state index contributed by atoms with van der Waals surface area (Å²) in [6, 6.07) is 7.59. The van der Waals surface area contributed by atoms with Crippen molar-refractivity contribution in [1.29, 1.82) is 0 Å². The van der Waals surface area contributed by atoms with Gasteiger partial charge in [0.25, 0.3) is 0 Å². The highest BCUT2D eigenvalue weighted by molar-refractivity contribution is 7.16. The van der Waals surface area contributed by atoms with Crippen LogP contribution >= 0.6 is 11.3 Å². The van der Waals surface area contributed by atoms with Crippen molar-refractivity contribution in [1.82, 2.24) is 0 Å². The van der Waals surface area contributed by atoms with Crippen LogP contribution in [0, 0.1) is 6.92 Å². The van der Waals surface area contributed by atoms with E-state index in [9.17, 15) is 4.79 Å². The SMILES string of the molecule is CCCOC(=O)c1c(N)sc(C)c1-c1ccccc1OC. The minimum Gasteiger partial charge on any atom is -0.496 e. The molecule has 0 amide bonds. The standard InChI is InChI=1S/C16H19NO3S/c1-4-9-20-16(18)14-13(10(2)21-15(14)17)11-7-5-6-8-12(11)19-3/h5-8H,4,9,17H2,1-3H3. The van der Waals surface area contributed by atoms with Crippen molar-refractivity contribution in [2.75, 3.05) is 19.5 Å². The molecule has 0 unspecified atom stereocenters. The third-order valence-electron chi connectivity index (χ3n) is 3.13. The second-order valence-corrected chi connectivity index (χ2v) is 5.87. The van der Waals surface area contributed by atoms with Gasteiger partial charge in [-0.1, -0.05) is 25.1 Å². The molecule has 4 nitrogen and oxygen atoms in total. The Hall–Kier alpha value is -2.01. The van der Waals surface area contributed by atoms with E-state index in [2.05, 4.69) is 0 Å². The van der Waals surface area contributed by atoms with Gasteiger partial charge in [-0.2, -0.15) is 0 Å². The highest BCUT2D eigenvalue weighted by Gasteiger charge is 2.24. The van der Waals surface area contributed by atoms with Crippen LogP contribution in [-0.2, 0) is 4.74 Å². The van der Waals surface area contributed by atoms with Gasteiger partial charge in [-0.25, -0.2) is 4.79 Å². The van der Waals surface area contributed by atoms with Gasteiger partial charge in [0.15, 0.2) is 0 Å². The highest BCUT2D eigenvalue weighted by Crippen LogP contribution is 2.42. The van der Waals surface area contributed by atoms with Gasteiger partial charge in [-0.3, -0.25) is 0 Å². The monoisotopic (exact) mass is 305 g/mol. The number of carbonyl (C=O) groups is 1. The van der Waals surface area contributed by atoms with Crippen LogP contribution < -0.4 is 10.5 Å². The molecule has 112 valence electrons. The zero-order valence-corrected chi connectivity index (χ0v) is 13.3. The Kier molecular flexibility index (Phi) is 4.85. The maximum absolute atomic E-state index is 12.3. The second kappa shape index (κ2) is 6.63. The summed E-state index contributed by atoms with van der Waals surface area (Å²) in [6.45, 7) is 4.29. The molecule has 0 aliphatic heterocycles. The summed E-state index contributed by atoms with van der Waals surface area (Å²) in [6.07, 6.45) is 0.777. The van der Waals surface area contributed by atoms with Crippen molar-refractivity contribution < 1.29 is 14.3 Å². The van der Waals surface area contributed by atoms with Gasteiger partial charge in [0.1, 0.15) is 16.3 Å². The van der Waals surface area contributed by atoms with E-state index in [1.54, 1.807) is 7.11 Å². The normalized spacial score (nSPS) is 10.4. The van der Waals surface area contributed by atoms with E-state index in [4.69, 9.17) is 15.2 Å². The topological polar surface area (TPSA) is 61.5 Å². The van der Waals surface area contributed by atoms with Crippen LogP contribution in [0.5, 0.6) is 5.75 Å². The number of ether oxygens (including phenoxy) is 2. The van der Waals surface area contributed by atoms with Crippen LogP contribution in [0.4, 0.5) is 5.00 Å². The Balaban J connectivity index is 2.56. The van der Waals surface area contributed by atoms with E-state index in [-0.39, 0.29) is 5.97 Å². The largest absolute Gasteiger partial charge is 0.496 e. The lowest BCUT2D eigenvalue weighted by Gasteiger charge is -2.11. The summed E-state index contributed by atoms with van der Waals surface area (Å²) in [5, 5.41) is 0.481. The number of para-hydroxylation sites is 1. The van der Waals surface area contributed by atoms with Crippen molar-refractivity contribution in [2.24, 2.45) is 0 Å². The Bertz CT molecular complexity index is 649. The molecule has 0 aliphatic carbocycles. The lowest BCUT2D eigenvalue weighted by molar-refractivity contribution is 0.0507. The molecule has 0 saturated carbocycles. The number of thiophene rings is 1.